The Balaban J connectivity index is 1.54. The van der Waals surface area contributed by atoms with Gasteiger partial charge in [-0.2, -0.15) is 0 Å². The van der Waals surface area contributed by atoms with Crippen LogP contribution in [0.3, 0.4) is 0 Å². The average Bonchev–Trinajstić information content (AvgIpc) is 3.07. The minimum atomic E-state index is -0.360. The second-order valence-corrected chi connectivity index (χ2v) is 9.25. The number of benzene rings is 3. The van der Waals surface area contributed by atoms with Gasteiger partial charge < -0.3 is 9.47 Å². The summed E-state index contributed by atoms with van der Waals surface area (Å²) in [4.78, 5) is 15.0. The lowest BCUT2D eigenvalue weighted by Crippen LogP contribution is -2.27. The Morgan fingerprint density at radius 2 is 1.85 bits per heavy atom. The first-order valence-electron chi connectivity index (χ1n) is 9.99. The van der Waals surface area contributed by atoms with E-state index in [1.165, 1.54) is 24.9 Å². The molecule has 1 fully saturated rings. The molecule has 33 heavy (non-hydrogen) atoms. The van der Waals surface area contributed by atoms with Crippen LogP contribution in [0.15, 0.2) is 71.6 Å². The third-order valence-electron chi connectivity index (χ3n) is 4.94. The number of carbonyl (C=O) groups excluding carboxylic acids is 1. The number of rotatable bonds is 7. The minimum absolute atomic E-state index is 0.000242. The van der Waals surface area contributed by atoms with E-state index in [0.717, 1.165) is 5.56 Å². The first-order chi connectivity index (χ1) is 16.0. The molecule has 0 atom stereocenters. The summed E-state index contributed by atoms with van der Waals surface area (Å²) in [5, 5.41) is 0.289. The summed E-state index contributed by atoms with van der Waals surface area (Å²) in [6.45, 7) is 0.413. The maximum atomic E-state index is 13.9. The fourth-order valence-corrected chi connectivity index (χ4v) is 4.81. The van der Waals surface area contributed by atoms with Crippen molar-refractivity contribution in [3.63, 3.8) is 0 Å². The Kier molecular flexibility index (Phi) is 7.33. The van der Waals surface area contributed by atoms with Crippen LogP contribution in [0.1, 0.15) is 16.7 Å². The van der Waals surface area contributed by atoms with E-state index in [-0.39, 0.29) is 23.4 Å². The number of methoxy groups -OCH3 is 1. The molecule has 4 rings (SSSR count). The number of carbonyl (C=O) groups is 1. The van der Waals surface area contributed by atoms with Gasteiger partial charge in [0.15, 0.2) is 11.5 Å². The van der Waals surface area contributed by atoms with Crippen LogP contribution >= 0.6 is 35.6 Å². The van der Waals surface area contributed by atoms with E-state index in [0.29, 0.717) is 38.4 Å². The van der Waals surface area contributed by atoms with Crippen LogP contribution in [-0.4, -0.2) is 22.2 Å². The molecule has 168 valence electrons. The molecule has 0 spiro atoms. The summed E-state index contributed by atoms with van der Waals surface area (Å²) < 4.78 is 25.6. The van der Waals surface area contributed by atoms with Crippen LogP contribution in [0.2, 0.25) is 5.02 Å². The second-order valence-electron chi connectivity index (χ2n) is 7.17. The van der Waals surface area contributed by atoms with Gasteiger partial charge >= 0.3 is 0 Å². The Hall–Kier alpha value is -2.87. The Morgan fingerprint density at radius 3 is 2.58 bits per heavy atom. The number of thiocarbonyl (C=S) groups is 1. The standard InChI is InChI=1S/C25H19ClFNO3S2/c1-30-21-12-17(11-19(26)23(21)31-15-18-9-5-6-10-20(18)27)13-22-24(29)28(25(32)33-22)14-16-7-3-2-4-8-16/h2-13H,14-15H2,1H3/b22-13-. The number of ether oxygens (including phenoxy) is 2. The molecule has 8 heteroatoms. The normalized spacial score (nSPS) is 14.8. The van der Waals surface area contributed by atoms with Crippen molar-refractivity contribution in [1.82, 2.24) is 4.90 Å². The summed E-state index contributed by atoms with van der Waals surface area (Å²) in [6, 6.07) is 19.4. The second kappa shape index (κ2) is 10.4. The summed E-state index contributed by atoms with van der Waals surface area (Å²) >= 11 is 13.1. The van der Waals surface area contributed by atoms with E-state index in [1.54, 1.807) is 41.3 Å². The van der Waals surface area contributed by atoms with Crippen LogP contribution in [0.5, 0.6) is 11.5 Å². The SMILES string of the molecule is COc1cc(/C=C2\SC(=S)N(Cc3ccccc3)C2=O)cc(Cl)c1OCc1ccccc1F. The van der Waals surface area contributed by atoms with Gasteiger partial charge in [-0.25, -0.2) is 4.39 Å². The molecule has 1 aliphatic heterocycles. The van der Waals surface area contributed by atoms with Crippen LogP contribution in [0.4, 0.5) is 4.39 Å². The van der Waals surface area contributed by atoms with Gasteiger partial charge in [0.1, 0.15) is 16.7 Å². The van der Waals surface area contributed by atoms with E-state index in [9.17, 15) is 9.18 Å². The number of halogens is 2. The Bertz CT molecular complexity index is 1230. The third kappa shape index (κ3) is 5.38. The highest BCUT2D eigenvalue weighted by Crippen LogP contribution is 2.39. The predicted molar refractivity (Wildman–Crippen MR) is 134 cm³/mol. The zero-order valence-electron chi connectivity index (χ0n) is 17.6. The topological polar surface area (TPSA) is 38.8 Å². The molecular weight excluding hydrogens is 481 g/mol. The van der Waals surface area contributed by atoms with Crippen LogP contribution < -0.4 is 9.47 Å². The Morgan fingerprint density at radius 1 is 1.12 bits per heavy atom. The highest BCUT2D eigenvalue weighted by molar-refractivity contribution is 8.26. The highest BCUT2D eigenvalue weighted by atomic mass is 35.5. The van der Waals surface area contributed by atoms with Gasteiger partial charge in [0.25, 0.3) is 5.91 Å². The van der Waals surface area contributed by atoms with E-state index in [2.05, 4.69) is 0 Å². The Labute approximate surface area is 206 Å². The molecule has 0 radical (unpaired) electrons. The number of hydrogen-bond acceptors (Lipinski definition) is 5. The highest BCUT2D eigenvalue weighted by Gasteiger charge is 2.32. The van der Waals surface area contributed by atoms with Gasteiger partial charge in [0.05, 0.1) is 23.6 Å². The zero-order valence-corrected chi connectivity index (χ0v) is 20.0. The van der Waals surface area contributed by atoms with Crippen LogP contribution in [0.25, 0.3) is 6.08 Å². The molecule has 0 aromatic heterocycles. The maximum absolute atomic E-state index is 13.9. The number of amides is 1. The van der Waals surface area contributed by atoms with E-state index in [4.69, 9.17) is 33.3 Å². The van der Waals surface area contributed by atoms with Gasteiger partial charge in [-0.1, -0.05) is 84.1 Å². The van der Waals surface area contributed by atoms with Crippen LogP contribution in [-0.2, 0) is 17.9 Å². The lowest BCUT2D eigenvalue weighted by molar-refractivity contribution is -0.122. The van der Waals surface area contributed by atoms with Gasteiger partial charge in [-0.3, -0.25) is 9.69 Å². The van der Waals surface area contributed by atoms with E-state index >= 15 is 0 Å². The largest absolute Gasteiger partial charge is 0.493 e. The number of thioether (sulfide) groups is 1. The summed E-state index contributed by atoms with van der Waals surface area (Å²) in [6.07, 6.45) is 1.72. The molecule has 0 aliphatic carbocycles. The first kappa shape index (κ1) is 23.3. The molecule has 1 amide bonds. The van der Waals surface area contributed by atoms with Gasteiger partial charge in [0.2, 0.25) is 0 Å². The van der Waals surface area contributed by atoms with Gasteiger partial charge in [0, 0.05) is 5.56 Å². The number of hydrogen-bond donors (Lipinski definition) is 0. The summed E-state index contributed by atoms with van der Waals surface area (Å²) in [7, 11) is 1.49. The minimum Gasteiger partial charge on any atom is -0.493 e. The summed E-state index contributed by atoms with van der Waals surface area (Å²) in [5.74, 6) is 0.159. The van der Waals surface area contributed by atoms with Crippen molar-refractivity contribution < 1.29 is 18.7 Å². The predicted octanol–water partition coefficient (Wildman–Crippen LogP) is 6.47. The van der Waals surface area contributed by atoms with Crippen molar-refractivity contribution in [1.29, 1.82) is 0 Å². The van der Waals surface area contributed by atoms with Gasteiger partial charge in [-0.05, 0) is 35.4 Å². The fourth-order valence-electron chi connectivity index (χ4n) is 3.28. The molecule has 1 aliphatic rings. The van der Waals surface area contributed by atoms with Crippen molar-refractivity contribution in [2.45, 2.75) is 13.2 Å². The molecule has 0 N–H and O–H groups in total. The molecule has 0 bridgehead atoms. The smallest absolute Gasteiger partial charge is 0.266 e. The molecule has 0 unspecified atom stereocenters. The quantitative estimate of drug-likeness (QED) is 0.275. The zero-order chi connectivity index (χ0) is 23.4. The lowest BCUT2D eigenvalue weighted by atomic mass is 10.1. The number of nitrogens with zero attached hydrogens (tertiary/aromatic N) is 1. The van der Waals surface area contributed by atoms with Crippen molar-refractivity contribution in [3.05, 3.63) is 99.2 Å². The third-order valence-corrected chi connectivity index (χ3v) is 6.60. The molecule has 0 saturated carbocycles. The van der Waals surface area contributed by atoms with Gasteiger partial charge in [-0.15, -0.1) is 0 Å². The molecule has 3 aromatic carbocycles. The molecular formula is C25H19ClFNO3S2. The molecule has 3 aromatic rings. The first-order valence-corrected chi connectivity index (χ1v) is 11.6. The monoisotopic (exact) mass is 499 g/mol. The van der Waals surface area contributed by atoms with Crippen LogP contribution in [0, 0.1) is 5.82 Å². The van der Waals surface area contributed by atoms with Crippen molar-refractivity contribution in [3.8, 4) is 11.5 Å². The molecule has 1 saturated heterocycles. The van der Waals surface area contributed by atoms with Crippen molar-refractivity contribution in [2.75, 3.05) is 7.11 Å². The molecule has 4 nitrogen and oxygen atoms in total. The molecule has 1 heterocycles. The fraction of sp³-hybridized carbons (Fsp3) is 0.120. The van der Waals surface area contributed by atoms with E-state index < -0.39 is 0 Å². The van der Waals surface area contributed by atoms with Crippen molar-refractivity contribution in [2.24, 2.45) is 0 Å². The average molecular weight is 500 g/mol. The maximum Gasteiger partial charge on any atom is 0.266 e. The van der Waals surface area contributed by atoms with Crippen molar-refractivity contribution >= 4 is 51.9 Å². The lowest BCUT2D eigenvalue weighted by Gasteiger charge is -2.14. The summed E-state index contributed by atoms with van der Waals surface area (Å²) in [5.41, 5.74) is 2.06. The van der Waals surface area contributed by atoms with E-state index in [1.807, 2.05) is 30.3 Å².